The summed E-state index contributed by atoms with van der Waals surface area (Å²) in [6, 6.07) is 19.9. The first-order chi connectivity index (χ1) is 11.7. The van der Waals surface area contributed by atoms with Crippen LogP contribution in [-0.4, -0.2) is 43.5 Å². The van der Waals surface area contributed by atoms with Crippen molar-refractivity contribution >= 4 is 0 Å². The van der Waals surface area contributed by atoms with Crippen molar-refractivity contribution in [1.29, 1.82) is 0 Å². The van der Waals surface area contributed by atoms with Crippen LogP contribution in [0.3, 0.4) is 0 Å². The van der Waals surface area contributed by atoms with Crippen LogP contribution in [0.25, 0.3) is 11.1 Å². The molecule has 0 aromatic heterocycles. The van der Waals surface area contributed by atoms with E-state index in [4.69, 9.17) is 0 Å². The lowest BCUT2D eigenvalue weighted by Crippen LogP contribution is -2.17. The van der Waals surface area contributed by atoms with Gasteiger partial charge in [-0.15, -0.1) is 0 Å². The molecule has 2 heteroatoms. The second-order valence-corrected chi connectivity index (χ2v) is 7.54. The Labute approximate surface area is 146 Å². The Balaban J connectivity index is 1.55. The molecule has 0 spiro atoms. The maximum Gasteiger partial charge on any atom is 0.0345 e. The first-order valence-corrected chi connectivity index (χ1v) is 9.21. The summed E-state index contributed by atoms with van der Waals surface area (Å²) in [5.41, 5.74) is 5.43. The van der Waals surface area contributed by atoms with Crippen molar-refractivity contribution in [2.45, 2.75) is 31.2 Å². The third kappa shape index (κ3) is 3.13. The van der Waals surface area contributed by atoms with Gasteiger partial charge in [-0.05, 0) is 80.7 Å². The molecule has 1 radical (unpaired) electrons. The van der Waals surface area contributed by atoms with Gasteiger partial charge in [0, 0.05) is 12.6 Å². The molecular formula is C22H27N2. The second kappa shape index (κ2) is 6.70. The molecule has 2 heterocycles. The Kier molecular flexibility index (Phi) is 4.43. The van der Waals surface area contributed by atoms with Crippen molar-refractivity contribution in [3.05, 3.63) is 59.7 Å². The van der Waals surface area contributed by atoms with E-state index in [1.165, 1.54) is 61.2 Å². The Morgan fingerprint density at radius 2 is 1.79 bits per heavy atom. The Hall–Kier alpha value is -1.64. The summed E-state index contributed by atoms with van der Waals surface area (Å²) >= 11 is 0. The lowest BCUT2D eigenvalue weighted by atomic mass is 9.93. The summed E-state index contributed by atoms with van der Waals surface area (Å²) in [7, 11) is 4.45. The van der Waals surface area contributed by atoms with E-state index in [-0.39, 0.29) is 0 Å². The Morgan fingerprint density at radius 3 is 2.46 bits per heavy atom. The average Bonchev–Trinajstić information content (AvgIpc) is 3.24. The monoisotopic (exact) mass is 319 g/mol. The van der Waals surface area contributed by atoms with Gasteiger partial charge in [0.15, 0.2) is 0 Å². The lowest BCUT2D eigenvalue weighted by Gasteiger charge is -2.20. The fourth-order valence-electron chi connectivity index (χ4n) is 4.33. The molecule has 0 bridgehead atoms. The van der Waals surface area contributed by atoms with E-state index < -0.39 is 0 Å². The number of rotatable bonds is 3. The molecule has 0 amide bonds. The topological polar surface area (TPSA) is 6.48 Å². The van der Waals surface area contributed by atoms with Crippen molar-refractivity contribution < 1.29 is 0 Å². The molecule has 2 saturated heterocycles. The molecule has 4 rings (SSSR count). The van der Waals surface area contributed by atoms with Gasteiger partial charge in [0.1, 0.15) is 0 Å². The van der Waals surface area contributed by atoms with E-state index >= 15 is 0 Å². The van der Waals surface area contributed by atoms with E-state index in [9.17, 15) is 0 Å². The minimum Gasteiger partial charge on any atom is -0.306 e. The smallest absolute Gasteiger partial charge is 0.0345 e. The first kappa shape index (κ1) is 15.9. The lowest BCUT2D eigenvalue weighted by molar-refractivity contribution is 0.317. The van der Waals surface area contributed by atoms with Crippen molar-refractivity contribution in [2.75, 3.05) is 33.7 Å². The molecule has 24 heavy (non-hydrogen) atoms. The van der Waals surface area contributed by atoms with Gasteiger partial charge in [-0.1, -0.05) is 42.5 Å². The highest BCUT2D eigenvalue weighted by atomic mass is 15.1. The van der Waals surface area contributed by atoms with E-state index in [2.05, 4.69) is 72.4 Å². The van der Waals surface area contributed by atoms with E-state index in [1.807, 2.05) is 0 Å². The van der Waals surface area contributed by atoms with Gasteiger partial charge in [0.05, 0.1) is 0 Å². The molecule has 2 aliphatic heterocycles. The van der Waals surface area contributed by atoms with E-state index in [0.29, 0.717) is 12.0 Å². The molecule has 2 fully saturated rings. The third-order valence-corrected chi connectivity index (χ3v) is 5.82. The predicted octanol–water partition coefficient (Wildman–Crippen LogP) is 4.34. The third-order valence-electron chi connectivity index (χ3n) is 5.82. The molecule has 0 N–H and O–H groups in total. The minimum atomic E-state index is 0.600. The van der Waals surface area contributed by atoms with Gasteiger partial charge in [-0.25, -0.2) is 0 Å². The van der Waals surface area contributed by atoms with Crippen LogP contribution in [0.4, 0.5) is 0 Å². The standard InChI is InChI=1S/C22H27N2/c1-23-14-12-21(16-23)20-6-3-5-19(15-20)17-8-10-18(11-9-17)22-7-4-13-24(22)2/h3,6,8-11,15,21-22H,4,7,12-14,16H2,1-2H3/t21?,22-/m1/s1. The van der Waals surface area contributed by atoms with Crippen LogP contribution in [0.15, 0.2) is 42.5 Å². The van der Waals surface area contributed by atoms with Gasteiger partial charge in [0.2, 0.25) is 0 Å². The molecule has 2 aromatic carbocycles. The van der Waals surface area contributed by atoms with Crippen molar-refractivity contribution in [3.63, 3.8) is 0 Å². The van der Waals surface area contributed by atoms with Gasteiger partial charge in [0.25, 0.3) is 0 Å². The summed E-state index contributed by atoms with van der Waals surface area (Å²) in [5.74, 6) is 0.676. The molecule has 2 aromatic rings. The van der Waals surface area contributed by atoms with Crippen LogP contribution < -0.4 is 0 Å². The van der Waals surface area contributed by atoms with Gasteiger partial charge >= 0.3 is 0 Å². The van der Waals surface area contributed by atoms with Crippen LogP contribution in [0.1, 0.15) is 42.3 Å². The zero-order chi connectivity index (χ0) is 16.5. The van der Waals surface area contributed by atoms with Crippen LogP contribution >= 0.6 is 0 Å². The number of hydrogen-bond acceptors (Lipinski definition) is 2. The highest BCUT2D eigenvalue weighted by Gasteiger charge is 2.23. The number of nitrogens with zero attached hydrogens (tertiary/aromatic N) is 2. The van der Waals surface area contributed by atoms with Gasteiger partial charge in [-0.3, -0.25) is 4.90 Å². The molecule has 125 valence electrons. The summed E-state index contributed by atoms with van der Waals surface area (Å²) in [6.07, 6.45) is 3.87. The second-order valence-electron chi connectivity index (χ2n) is 7.54. The summed E-state index contributed by atoms with van der Waals surface area (Å²) < 4.78 is 0. The summed E-state index contributed by atoms with van der Waals surface area (Å²) in [5, 5.41) is 0. The minimum absolute atomic E-state index is 0.600. The zero-order valence-corrected chi connectivity index (χ0v) is 14.8. The number of likely N-dealkylation sites (tertiary alicyclic amines) is 2. The van der Waals surface area contributed by atoms with Gasteiger partial charge < -0.3 is 4.90 Å². The number of benzene rings is 2. The maximum absolute atomic E-state index is 3.43. The van der Waals surface area contributed by atoms with Crippen molar-refractivity contribution in [3.8, 4) is 11.1 Å². The number of hydrogen-bond donors (Lipinski definition) is 0. The molecule has 1 unspecified atom stereocenters. The largest absolute Gasteiger partial charge is 0.306 e. The summed E-state index contributed by atoms with van der Waals surface area (Å²) in [6.45, 7) is 3.61. The van der Waals surface area contributed by atoms with Crippen LogP contribution in [0.5, 0.6) is 0 Å². The van der Waals surface area contributed by atoms with E-state index in [0.717, 1.165) is 0 Å². The zero-order valence-electron chi connectivity index (χ0n) is 14.8. The van der Waals surface area contributed by atoms with Crippen molar-refractivity contribution in [1.82, 2.24) is 9.80 Å². The molecule has 0 saturated carbocycles. The SMILES string of the molecule is CN1CCC(c2cc[c]c(-c3ccc([C@H]4CCCN4C)cc3)c2)C1. The highest BCUT2D eigenvalue weighted by molar-refractivity contribution is 5.64. The summed E-state index contributed by atoms with van der Waals surface area (Å²) in [4.78, 5) is 4.90. The average molecular weight is 319 g/mol. The molecule has 2 atom stereocenters. The molecule has 2 aliphatic rings. The van der Waals surface area contributed by atoms with Crippen molar-refractivity contribution in [2.24, 2.45) is 0 Å². The van der Waals surface area contributed by atoms with Crippen LogP contribution in [0.2, 0.25) is 0 Å². The molecule has 2 nitrogen and oxygen atoms in total. The fraction of sp³-hybridized carbons (Fsp3) is 0.455. The van der Waals surface area contributed by atoms with E-state index in [1.54, 1.807) is 0 Å². The fourth-order valence-corrected chi connectivity index (χ4v) is 4.33. The highest BCUT2D eigenvalue weighted by Crippen LogP contribution is 2.33. The Morgan fingerprint density at radius 1 is 0.958 bits per heavy atom. The van der Waals surface area contributed by atoms with Crippen LogP contribution in [-0.2, 0) is 0 Å². The molecular weight excluding hydrogens is 292 g/mol. The normalized spacial score (nSPS) is 25.4. The Bertz CT molecular complexity index is 691. The number of likely N-dealkylation sites (N-methyl/N-ethyl adjacent to an activating group) is 1. The van der Waals surface area contributed by atoms with Gasteiger partial charge in [-0.2, -0.15) is 0 Å². The maximum atomic E-state index is 3.43. The first-order valence-electron chi connectivity index (χ1n) is 9.21. The molecule has 0 aliphatic carbocycles. The quantitative estimate of drug-likeness (QED) is 0.830. The predicted molar refractivity (Wildman–Crippen MR) is 100 cm³/mol. The van der Waals surface area contributed by atoms with Crippen LogP contribution in [0, 0.1) is 6.07 Å².